The van der Waals surface area contributed by atoms with Gasteiger partial charge in [0.25, 0.3) is 0 Å². The van der Waals surface area contributed by atoms with E-state index < -0.39 is 12.2 Å². The van der Waals surface area contributed by atoms with Gasteiger partial charge in [-0.2, -0.15) is 5.10 Å². The van der Waals surface area contributed by atoms with Crippen LogP contribution in [-0.2, 0) is 7.05 Å². The molecule has 2 N–H and O–H groups in total. The van der Waals surface area contributed by atoms with Crippen molar-refractivity contribution in [1.29, 1.82) is 0 Å². The summed E-state index contributed by atoms with van der Waals surface area (Å²) < 4.78 is 4.80. The largest absolute Gasteiger partial charge is 0.390 e. The van der Waals surface area contributed by atoms with Gasteiger partial charge in [0.05, 0.1) is 35.7 Å². The molecule has 0 spiro atoms. The molecule has 5 rings (SSSR count). The number of pyridine rings is 1. The molecule has 4 heterocycles. The summed E-state index contributed by atoms with van der Waals surface area (Å²) in [6, 6.07) is 3.28. The Hall–Kier alpha value is -2.75. The fourth-order valence-electron chi connectivity index (χ4n) is 4.07. The van der Waals surface area contributed by atoms with Gasteiger partial charge < -0.3 is 10.2 Å². The molecule has 1 aliphatic carbocycles. The summed E-state index contributed by atoms with van der Waals surface area (Å²) in [5, 5.41) is 24.8. The minimum absolute atomic E-state index is 0.219. The molecule has 0 amide bonds. The number of aromatic nitrogens is 6. The maximum atomic E-state index is 12.9. The number of nitrogens with zero attached hydrogens (tertiary/aromatic N) is 6. The normalized spacial score (nSPS) is 22.6. The molecule has 4 aromatic heterocycles. The maximum absolute atomic E-state index is 12.9. The quantitative estimate of drug-likeness (QED) is 0.515. The Kier molecular flexibility index (Phi) is 4.19. The van der Waals surface area contributed by atoms with E-state index in [4.69, 9.17) is 11.6 Å². The van der Waals surface area contributed by atoms with E-state index in [0.717, 1.165) is 5.52 Å². The van der Waals surface area contributed by atoms with Crippen molar-refractivity contribution in [3.63, 3.8) is 0 Å². The van der Waals surface area contributed by atoms with E-state index in [0.29, 0.717) is 46.8 Å². The number of hydrogen-bond donors (Lipinski definition) is 2. The fourth-order valence-corrected chi connectivity index (χ4v) is 4.23. The van der Waals surface area contributed by atoms with E-state index in [1.165, 1.54) is 4.57 Å². The molecule has 29 heavy (non-hydrogen) atoms. The van der Waals surface area contributed by atoms with Crippen molar-refractivity contribution in [1.82, 2.24) is 28.7 Å². The van der Waals surface area contributed by atoms with Gasteiger partial charge >= 0.3 is 5.69 Å². The Balaban J connectivity index is 1.68. The van der Waals surface area contributed by atoms with Crippen molar-refractivity contribution in [2.75, 3.05) is 0 Å². The highest BCUT2D eigenvalue weighted by Crippen LogP contribution is 2.31. The van der Waals surface area contributed by atoms with Crippen LogP contribution in [0.15, 0.2) is 35.5 Å². The first-order chi connectivity index (χ1) is 13.9. The lowest BCUT2D eigenvalue weighted by atomic mass is 9.90. The molecular weight excluding hydrogens is 396 g/mol. The molecule has 150 valence electrons. The average molecular weight is 415 g/mol. The highest BCUT2D eigenvalue weighted by molar-refractivity contribution is 6.31. The molecule has 4 aromatic rings. The number of aliphatic hydroxyl groups is 2. The lowest BCUT2D eigenvalue weighted by Gasteiger charge is -2.30. The second kappa shape index (κ2) is 6.65. The predicted octanol–water partition coefficient (Wildman–Crippen LogP) is 1.54. The first-order valence-electron chi connectivity index (χ1n) is 9.37. The molecule has 1 aliphatic rings. The molecular formula is C19H19ClN6O3. The van der Waals surface area contributed by atoms with Crippen molar-refractivity contribution >= 4 is 28.3 Å². The molecule has 1 fully saturated rings. The van der Waals surface area contributed by atoms with Gasteiger partial charge in [0.2, 0.25) is 0 Å². The summed E-state index contributed by atoms with van der Waals surface area (Å²) in [6.07, 6.45) is 4.74. The molecule has 0 radical (unpaired) electrons. The van der Waals surface area contributed by atoms with Gasteiger partial charge in [-0.1, -0.05) is 11.6 Å². The zero-order valence-electron chi connectivity index (χ0n) is 15.6. The predicted molar refractivity (Wildman–Crippen MR) is 107 cm³/mol. The van der Waals surface area contributed by atoms with Crippen LogP contribution in [0.25, 0.3) is 28.1 Å². The third-order valence-electron chi connectivity index (χ3n) is 5.68. The number of aryl methyl sites for hydroxylation is 1. The molecule has 3 atom stereocenters. The van der Waals surface area contributed by atoms with Gasteiger partial charge in [-0.05, 0) is 31.4 Å². The van der Waals surface area contributed by atoms with Crippen molar-refractivity contribution < 1.29 is 10.2 Å². The van der Waals surface area contributed by atoms with Crippen LogP contribution >= 0.6 is 11.6 Å². The molecule has 0 saturated heterocycles. The summed E-state index contributed by atoms with van der Waals surface area (Å²) in [4.78, 5) is 22.0. The first-order valence-corrected chi connectivity index (χ1v) is 9.75. The number of imidazole rings is 1. The van der Waals surface area contributed by atoms with E-state index in [9.17, 15) is 15.0 Å². The lowest BCUT2D eigenvalue weighted by molar-refractivity contribution is -0.0230. The van der Waals surface area contributed by atoms with Crippen LogP contribution in [0, 0.1) is 0 Å². The Labute approximate surface area is 169 Å². The number of rotatable bonds is 2. The minimum atomic E-state index is -0.862. The smallest absolute Gasteiger partial charge is 0.330 e. The van der Waals surface area contributed by atoms with Gasteiger partial charge in [0, 0.05) is 24.3 Å². The highest BCUT2D eigenvalue weighted by atomic mass is 35.5. The molecule has 1 saturated carbocycles. The molecule has 10 heteroatoms. The van der Waals surface area contributed by atoms with Crippen molar-refractivity contribution in [3.05, 3.63) is 46.2 Å². The zero-order chi connectivity index (χ0) is 20.3. The van der Waals surface area contributed by atoms with E-state index >= 15 is 0 Å². The van der Waals surface area contributed by atoms with Gasteiger partial charge in [-0.15, -0.1) is 0 Å². The Morgan fingerprint density at radius 3 is 2.79 bits per heavy atom. The van der Waals surface area contributed by atoms with Gasteiger partial charge in [0.1, 0.15) is 5.52 Å². The fraction of sp³-hybridized carbons (Fsp3) is 0.368. The van der Waals surface area contributed by atoms with E-state index in [1.54, 1.807) is 46.9 Å². The van der Waals surface area contributed by atoms with Crippen molar-refractivity contribution in [2.45, 2.75) is 37.5 Å². The molecule has 0 aliphatic heterocycles. The van der Waals surface area contributed by atoms with Gasteiger partial charge in [-0.25, -0.2) is 19.3 Å². The molecule has 0 bridgehead atoms. The van der Waals surface area contributed by atoms with Crippen LogP contribution < -0.4 is 5.69 Å². The summed E-state index contributed by atoms with van der Waals surface area (Å²) >= 11 is 6.13. The van der Waals surface area contributed by atoms with Crippen LogP contribution in [0.2, 0.25) is 5.02 Å². The van der Waals surface area contributed by atoms with Crippen molar-refractivity contribution in [3.8, 4) is 11.4 Å². The highest BCUT2D eigenvalue weighted by Gasteiger charge is 2.31. The Morgan fingerprint density at radius 2 is 2.00 bits per heavy atom. The summed E-state index contributed by atoms with van der Waals surface area (Å²) in [7, 11) is 1.67. The molecule has 3 unspecified atom stereocenters. The van der Waals surface area contributed by atoms with Crippen LogP contribution in [0.4, 0.5) is 0 Å². The van der Waals surface area contributed by atoms with E-state index in [1.807, 2.05) is 0 Å². The number of halogens is 1. The first kappa shape index (κ1) is 18.3. The molecule has 9 nitrogen and oxygen atoms in total. The maximum Gasteiger partial charge on any atom is 0.330 e. The summed E-state index contributed by atoms with van der Waals surface area (Å²) in [5.41, 5.74) is 2.35. The second-order valence-electron chi connectivity index (χ2n) is 7.45. The molecule has 0 aromatic carbocycles. The van der Waals surface area contributed by atoms with Gasteiger partial charge in [0.15, 0.2) is 11.5 Å². The minimum Gasteiger partial charge on any atom is -0.390 e. The van der Waals surface area contributed by atoms with Crippen LogP contribution in [-0.4, -0.2) is 51.1 Å². The van der Waals surface area contributed by atoms with Crippen LogP contribution in [0.1, 0.15) is 25.3 Å². The topological polar surface area (TPSA) is 110 Å². The average Bonchev–Trinajstić information content (AvgIpc) is 3.23. The number of aliphatic hydroxyl groups excluding tert-OH is 2. The lowest BCUT2D eigenvalue weighted by Crippen LogP contribution is -2.37. The standard InChI is InChI=1S/C19H19ClN6O3/c1-24-14-9-21-17(12-8-22-25-5-4-10(20)6-13(12)25)23-18(14)26(19(24)29)11-2-3-15(27)16(28)7-11/h4-6,8-9,11,15-16,27-28H,2-3,7H2,1H3. The van der Waals surface area contributed by atoms with Crippen LogP contribution in [0.5, 0.6) is 0 Å². The SMILES string of the molecule is Cn1c(=O)n(C2CCC(O)C(O)C2)c2nc(-c3cnn4ccc(Cl)cc34)ncc21. The Morgan fingerprint density at radius 1 is 1.17 bits per heavy atom. The zero-order valence-corrected chi connectivity index (χ0v) is 16.4. The van der Waals surface area contributed by atoms with Gasteiger partial charge in [-0.3, -0.25) is 9.13 Å². The summed E-state index contributed by atoms with van der Waals surface area (Å²) in [6.45, 7) is 0. The van der Waals surface area contributed by atoms with E-state index in [-0.39, 0.29) is 11.7 Å². The van der Waals surface area contributed by atoms with E-state index in [2.05, 4.69) is 15.1 Å². The van der Waals surface area contributed by atoms with Crippen LogP contribution in [0.3, 0.4) is 0 Å². The monoisotopic (exact) mass is 414 g/mol. The van der Waals surface area contributed by atoms with Crippen molar-refractivity contribution in [2.24, 2.45) is 7.05 Å². The second-order valence-corrected chi connectivity index (χ2v) is 7.89. The summed E-state index contributed by atoms with van der Waals surface area (Å²) in [5.74, 6) is 0.436. The third-order valence-corrected chi connectivity index (χ3v) is 5.91. The number of hydrogen-bond acceptors (Lipinski definition) is 6. The third kappa shape index (κ3) is 2.85. The number of fused-ring (bicyclic) bond motifs is 2. The Bertz CT molecular complexity index is 1290.